The van der Waals surface area contributed by atoms with Crippen LogP contribution in [0, 0.1) is 39.9 Å². The summed E-state index contributed by atoms with van der Waals surface area (Å²) in [4.78, 5) is 24.5. The molecule has 4 aliphatic carbocycles. The van der Waals surface area contributed by atoms with Crippen LogP contribution in [0.15, 0.2) is 12.2 Å². The summed E-state index contributed by atoms with van der Waals surface area (Å²) in [5.74, 6) is -0.675. The Morgan fingerprint density at radius 1 is 1.29 bits per heavy atom. The minimum atomic E-state index is -1.25. The van der Waals surface area contributed by atoms with E-state index in [4.69, 9.17) is 0 Å². The average Bonchev–Trinajstić information content (AvgIpc) is 2.91. The molecule has 0 radical (unpaired) electrons. The third-order valence-corrected chi connectivity index (χ3v) is 8.69. The maximum atomic E-state index is 12.3. The zero-order chi connectivity index (χ0) is 17.5. The van der Waals surface area contributed by atoms with Gasteiger partial charge in [0.25, 0.3) is 0 Å². The predicted octanol–water partition coefficient (Wildman–Crippen LogP) is 3.05. The zero-order valence-electron chi connectivity index (χ0n) is 14.6. The van der Waals surface area contributed by atoms with Gasteiger partial charge in [0.05, 0.1) is 11.5 Å². The molecule has 2 bridgehead atoms. The van der Waals surface area contributed by atoms with E-state index in [2.05, 4.69) is 13.5 Å². The van der Waals surface area contributed by atoms with Gasteiger partial charge in [0.15, 0.2) is 0 Å². The van der Waals surface area contributed by atoms with E-state index in [1.807, 2.05) is 0 Å². The molecule has 1 spiro atoms. The Kier molecular flexibility index (Phi) is 3.21. The number of carbonyl (C=O) groups is 2. The summed E-state index contributed by atoms with van der Waals surface area (Å²) in [6.07, 6.45) is 5.50. The van der Waals surface area contributed by atoms with Crippen molar-refractivity contribution in [2.24, 2.45) is 39.9 Å². The number of carboxylic acids is 1. The molecule has 4 fully saturated rings. The lowest BCUT2D eigenvalue weighted by Gasteiger charge is -2.52. The molecule has 8 atom stereocenters. The normalized spacial score (nSPS) is 55.8. The molecule has 4 heteroatoms. The van der Waals surface area contributed by atoms with E-state index < -0.39 is 17.5 Å². The molecule has 4 saturated carbocycles. The molecule has 4 aliphatic rings. The quantitative estimate of drug-likeness (QED) is 0.602. The Morgan fingerprint density at radius 2 is 2.00 bits per heavy atom. The molecule has 8 unspecified atom stereocenters. The summed E-state index contributed by atoms with van der Waals surface area (Å²) < 4.78 is 0. The second kappa shape index (κ2) is 4.72. The molecule has 0 aliphatic heterocycles. The third-order valence-electron chi connectivity index (χ3n) is 8.69. The fourth-order valence-electron chi connectivity index (χ4n) is 7.73. The Bertz CT molecular complexity index is 627. The number of aliphatic carboxylic acids is 1. The van der Waals surface area contributed by atoms with E-state index in [1.54, 1.807) is 6.92 Å². The van der Waals surface area contributed by atoms with Gasteiger partial charge in [-0.1, -0.05) is 19.1 Å². The van der Waals surface area contributed by atoms with Crippen LogP contribution in [0.5, 0.6) is 0 Å². The van der Waals surface area contributed by atoms with Gasteiger partial charge in [-0.3, -0.25) is 4.79 Å². The van der Waals surface area contributed by atoms with E-state index in [0.717, 1.165) is 38.4 Å². The molecule has 0 amide bonds. The number of carboxylic acid groups (broad SMARTS) is 1. The second-order valence-electron chi connectivity index (χ2n) is 9.39. The lowest BCUT2D eigenvalue weighted by atomic mass is 9.52. The molecule has 0 heterocycles. The number of aliphatic hydroxyl groups is 1. The van der Waals surface area contributed by atoms with Crippen LogP contribution in [0.1, 0.15) is 52.4 Å². The third kappa shape index (κ3) is 1.59. The topological polar surface area (TPSA) is 74.6 Å². The first kappa shape index (κ1) is 16.3. The number of allylic oxidation sites excluding steroid dienone is 1. The van der Waals surface area contributed by atoms with Crippen LogP contribution in [0.25, 0.3) is 0 Å². The first-order valence-corrected chi connectivity index (χ1v) is 9.26. The Balaban J connectivity index is 1.91. The van der Waals surface area contributed by atoms with E-state index >= 15 is 0 Å². The van der Waals surface area contributed by atoms with Crippen LogP contribution in [-0.2, 0) is 9.59 Å². The highest BCUT2D eigenvalue weighted by Gasteiger charge is 2.74. The van der Waals surface area contributed by atoms with Gasteiger partial charge in [0.2, 0.25) is 0 Å². The molecule has 24 heavy (non-hydrogen) atoms. The Hall–Kier alpha value is -1.16. The van der Waals surface area contributed by atoms with Crippen LogP contribution in [0.4, 0.5) is 0 Å². The van der Waals surface area contributed by atoms with Gasteiger partial charge in [-0.25, -0.2) is 0 Å². The summed E-state index contributed by atoms with van der Waals surface area (Å²) in [6.45, 7) is 8.14. The van der Waals surface area contributed by atoms with Gasteiger partial charge < -0.3 is 15.0 Å². The number of aldehydes is 1. The number of aliphatic hydroxyl groups excluding tert-OH is 1. The van der Waals surface area contributed by atoms with Crippen molar-refractivity contribution in [3.8, 4) is 0 Å². The van der Waals surface area contributed by atoms with Gasteiger partial charge in [0.1, 0.15) is 6.29 Å². The van der Waals surface area contributed by atoms with Crippen molar-refractivity contribution in [2.45, 2.75) is 58.5 Å². The fraction of sp³-hybridized carbons (Fsp3) is 0.800. The van der Waals surface area contributed by atoms with Crippen molar-refractivity contribution in [1.82, 2.24) is 0 Å². The summed E-state index contributed by atoms with van der Waals surface area (Å²) in [7, 11) is 0. The van der Waals surface area contributed by atoms with Crippen LogP contribution >= 0.6 is 0 Å². The van der Waals surface area contributed by atoms with E-state index in [1.165, 1.54) is 5.57 Å². The van der Waals surface area contributed by atoms with Crippen molar-refractivity contribution in [3.63, 3.8) is 0 Å². The Morgan fingerprint density at radius 3 is 2.62 bits per heavy atom. The van der Waals surface area contributed by atoms with E-state index in [0.29, 0.717) is 18.3 Å². The molecule has 0 saturated heterocycles. The highest BCUT2D eigenvalue weighted by atomic mass is 16.4. The van der Waals surface area contributed by atoms with Crippen molar-refractivity contribution in [1.29, 1.82) is 0 Å². The maximum absolute atomic E-state index is 12.3. The van der Waals surface area contributed by atoms with Crippen molar-refractivity contribution in [3.05, 3.63) is 12.2 Å². The second-order valence-corrected chi connectivity index (χ2v) is 9.39. The lowest BCUT2D eigenvalue weighted by Crippen LogP contribution is -2.56. The van der Waals surface area contributed by atoms with Crippen molar-refractivity contribution >= 4 is 12.3 Å². The molecule has 0 aromatic carbocycles. The zero-order valence-corrected chi connectivity index (χ0v) is 14.6. The van der Waals surface area contributed by atoms with Crippen LogP contribution in [-0.4, -0.2) is 28.6 Å². The fourth-order valence-corrected chi connectivity index (χ4v) is 7.73. The average molecular weight is 332 g/mol. The van der Waals surface area contributed by atoms with Crippen LogP contribution in [0.3, 0.4) is 0 Å². The molecule has 0 aromatic heterocycles. The van der Waals surface area contributed by atoms with Gasteiger partial charge in [-0.05, 0) is 74.0 Å². The minimum absolute atomic E-state index is 0.123. The standard InChI is InChI=1S/C20H28O4/c1-11-8-20-9-12(11)4-5-14(20)18(2)7-6-15(22)19(3,17(23)24)16(18)13(20)10-21/h10,12-16,22H,1,4-9H2,2-3H3,(H,23,24). The van der Waals surface area contributed by atoms with E-state index in [-0.39, 0.29) is 22.7 Å². The largest absolute Gasteiger partial charge is 0.481 e. The van der Waals surface area contributed by atoms with Crippen molar-refractivity contribution < 1.29 is 19.8 Å². The molecule has 2 N–H and O–H groups in total. The minimum Gasteiger partial charge on any atom is -0.481 e. The van der Waals surface area contributed by atoms with Gasteiger partial charge in [0, 0.05) is 5.92 Å². The number of carbonyl (C=O) groups excluding carboxylic acids is 1. The first-order valence-electron chi connectivity index (χ1n) is 9.26. The maximum Gasteiger partial charge on any atom is 0.312 e. The van der Waals surface area contributed by atoms with Gasteiger partial charge in [-0.2, -0.15) is 0 Å². The number of hydrogen-bond donors (Lipinski definition) is 2. The lowest BCUT2D eigenvalue weighted by molar-refractivity contribution is -0.178. The van der Waals surface area contributed by atoms with Crippen LogP contribution in [0.2, 0.25) is 0 Å². The van der Waals surface area contributed by atoms with Gasteiger partial charge in [-0.15, -0.1) is 0 Å². The highest BCUT2D eigenvalue weighted by molar-refractivity contribution is 5.77. The monoisotopic (exact) mass is 332 g/mol. The molecular weight excluding hydrogens is 304 g/mol. The SMILES string of the molecule is C=C1CC23CC1CCC2C1(C)CCC(O)C(C)(C(=O)O)C1C3C=O. The summed E-state index contributed by atoms with van der Waals surface area (Å²) >= 11 is 0. The number of rotatable bonds is 2. The summed E-state index contributed by atoms with van der Waals surface area (Å²) in [5.41, 5.74) is -0.302. The molecular formula is C20H28O4. The summed E-state index contributed by atoms with van der Waals surface area (Å²) in [5, 5.41) is 20.6. The van der Waals surface area contributed by atoms with Gasteiger partial charge >= 0.3 is 5.97 Å². The highest BCUT2D eigenvalue weighted by Crippen LogP contribution is 2.77. The Labute approximate surface area is 143 Å². The molecule has 132 valence electrons. The smallest absolute Gasteiger partial charge is 0.312 e. The van der Waals surface area contributed by atoms with E-state index in [9.17, 15) is 19.8 Å². The number of fused-ring (bicyclic) bond motifs is 3. The molecule has 0 aromatic rings. The first-order chi connectivity index (χ1) is 11.2. The molecule has 4 nitrogen and oxygen atoms in total. The summed E-state index contributed by atoms with van der Waals surface area (Å²) in [6, 6.07) is 0. The number of hydrogen-bond acceptors (Lipinski definition) is 3. The predicted molar refractivity (Wildman–Crippen MR) is 89.2 cm³/mol. The van der Waals surface area contributed by atoms with Crippen LogP contribution < -0.4 is 0 Å². The molecule has 4 rings (SSSR count). The van der Waals surface area contributed by atoms with Crippen molar-refractivity contribution in [2.75, 3.05) is 0 Å².